The summed E-state index contributed by atoms with van der Waals surface area (Å²) in [4.78, 5) is 0. The third-order valence-corrected chi connectivity index (χ3v) is 5.69. The van der Waals surface area contributed by atoms with E-state index < -0.39 is 0 Å². The lowest BCUT2D eigenvalue weighted by Gasteiger charge is -2.37. The molecular formula is C19H33. The summed E-state index contributed by atoms with van der Waals surface area (Å²) in [6, 6.07) is 0. The Bertz CT molecular complexity index is 239. The van der Waals surface area contributed by atoms with Crippen molar-refractivity contribution in [2.75, 3.05) is 0 Å². The van der Waals surface area contributed by atoms with Gasteiger partial charge in [-0.05, 0) is 81.5 Å². The van der Waals surface area contributed by atoms with Crippen LogP contribution in [0.1, 0.15) is 84.0 Å². The highest BCUT2D eigenvalue weighted by Crippen LogP contribution is 2.43. The first kappa shape index (κ1) is 15.1. The van der Waals surface area contributed by atoms with Crippen molar-refractivity contribution in [1.82, 2.24) is 0 Å². The van der Waals surface area contributed by atoms with Crippen LogP contribution in [0.3, 0.4) is 0 Å². The van der Waals surface area contributed by atoms with Crippen LogP contribution in [0.15, 0.2) is 12.7 Å². The van der Waals surface area contributed by atoms with E-state index in [4.69, 9.17) is 0 Å². The number of hydrogen-bond donors (Lipinski definition) is 0. The SMILES string of the molecule is C=CC1CCC(C2CC[C](CCCCC)CC2)CC1. The van der Waals surface area contributed by atoms with E-state index in [0.29, 0.717) is 0 Å². The van der Waals surface area contributed by atoms with E-state index in [1.54, 1.807) is 0 Å². The Kier molecular flexibility index (Phi) is 6.47. The maximum Gasteiger partial charge on any atom is -0.0236 e. The summed E-state index contributed by atoms with van der Waals surface area (Å²) in [5.74, 6) is 4.83. The van der Waals surface area contributed by atoms with Crippen molar-refractivity contribution in [1.29, 1.82) is 0 Å². The molecule has 2 rings (SSSR count). The molecule has 2 aliphatic rings. The second-order valence-corrected chi connectivity index (χ2v) is 6.96. The molecule has 2 fully saturated rings. The summed E-state index contributed by atoms with van der Waals surface area (Å²) in [7, 11) is 0. The zero-order valence-corrected chi connectivity index (χ0v) is 13.0. The molecule has 0 amide bonds. The van der Waals surface area contributed by atoms with Gasteiger partial charge in [-0.3, -0.25) is 0 Å². The molecule has 0 bridgehead atoms. The molecule has 0 saturated heterocycles. The minimum atomic E-state index is 0.830. The van der Waals surface area contributed by atoms with E-state index in [0.717, 1.165) is 17.8 Å². The zero-order chi connectivity index (χ0) is 13.5. The highest BCUT2D eigenvalue weighted by molar-refractivity contribution is 4.96. The van der Waals surface area contributed by atoms with E-state index in [-0.39, 0.29) is 0 Å². The van der Waals surface area contributed by atoms with E-state index in [1.165, 1.54) is 77.0 Å². The molecule has 0 aromatic rings. The van der Waals surface area contributed by atoms with Crippen molar-refractivity contribution in [3.63, 3.8) is 0 Å². The van der Waals surface area contributed by atoms with Crippen LogP contribution in [0.4, 0.5) is 0 Å². The fourth-order valence-corrected chi connectivity index (χ4v) is 4.25. The molecule has 0 aromatic heterocycles. The molecule has 0 spiro atoms. The van der Waals surface area contributed by atoms with Gasteiger partial charge in [0.15, 0.2) is 0 Å². The first-order valence-electron chi connectivity index (χ1n) is 8.79. The minimum Gasteiger partial charge on any atom is -0.103 e. The Hall–Kier alpha value is -0.260. The van der Waals surface area contributed by atoms with Crippen LogP contribution in [0.5, 0.6) is 0 Å². The smallest absolute Gasteiger partial charge is 0.0236 e. The molecule has 0 N–H and O–H groups in total. The van der Waals surface area contributed by atoms with Crippen LogP contribution >= 0.6 is 0 Å². The minimum absolute atomic E-state index is 0.830. The third-order valence-electron chi connectivity index (χ3n) is 5.69. The quantitative estimate of drug-likeness (QED) is 0.387. The van der Waals surface area contributed by atoms with Crippen LogP contribution in [-0.2, 0) is 0 Å². The van der Waals surface area contributed by atoms with Crippen LogP contribution in [0, 0.1) is 23.7 Å². The molecule has 0 unspecified atom stereocenters. The second-order valence-electron chi connectivity index (χ2n) is 6.96. The summed E-state index contributed by atoms with van der Waals surface area (Å²) >= 11 is 0. The Balaban J connectivity index is 1.64. The normalized spacial score (nSPS) is 30.4. The summed E-state index contributed by atoms with van der Waals surface area (Å²) in [5, 5.41) is 0. The molecular weight excluding hydrogens is 228 g/mol. The van der Waals surface area contributed by atoms with Gasteiger partial charge in [-0.1, -0.05) is 32.3 Å². The number of hydrogen-bond acceptors (Lipinski definition) is 0. The lowest BCUT2D eigenvalue weighted by molar-refractivity contribution is 0.184. The lowest BCUT2D eigenvalue weighted by Crippen LogP contribution is -2.25. The van der Waals surface area contributed by atoms with Gasteiger partial charge in [0.2, 0.25) is 0 Å². The maximum atomic E-state index is 3.96. The molecule has 2 saturated carbocycles. The Morgan fingerprint density at radius 3 is 2.16 bits per heavy atom. The molecule has 0 nitrogen and oxygen atoms in total. The fourth-order valence-electron chi connectivity index (χ4n) is 4.25. The standard InChI is InChI=1S/C19H33/c1-3-5-6-7-17-10-14-19(15-11-17)18-12-8-16(4-2)9-13-18/h4,16,18-19H,2-3,5-15H2,1H3. The van der Waals surface area contributed by atoms with Crippen LogP contribution in [0.2, 0.25) is 0 Å². The molecule has 1 radical (unpaired) electrons. The Morgan fingerprint density at radius 2 is 1.58 bits per heavy atom. The van der Waals surface area contributed by atoms with Crippen LogP contribution < -0.4 is 0 Å². The van der Waals surface area contributed by atoms with Crippen molar-refractivity contribution in [3.8, 4) is 0 Å². The summed E-state index contributed by atoms with van der Waals surface area (Å²) < 4.78 is 0. The fraction of sp³-hybridized carbons (Fsp3) is 0.842. The number of allylic oxidation sites excluding steroid dienone is 1. The highest BCUT2D eigenvalue weighted by atomic mass is 14.3. The topological polar surface area (TPSA) is 0 Å². The first-order valence-corrected chi connectivity index (χ1v) is 8.79. The molecule has 0 heteroatoms. The van der Waals surface area contributed by atoms with Crippen LogP contribution in [-0.4, -0.2) is 0 Å². The van der Waals surface area contributed by atoms with E-state index >= 15 is 0 Å². The van der Waals surface area contributed by atoms with E-state index in [2.05, 4.69) is 19.6 Å². The van der Waals surface area contributed by atoms with Gasteiger partial charge in [-0.2, -0.15) is 0 Å². The highest BCUT2D eigenvalue weighted by Gasteiger charge is 2.30. The van der Waals surface area contributed by atoms with Gasteiger partial charge in [0.05, 0.1) is 0 Å². The van der Waals surface area contributed by atoms with Crippen LogP contribution in [0.25, 0.3) is 0 Å². The summed E-state index contributed by atoms with van der Waals surface area (Å²) in [6.45, 7) is 6.27. The van der Waals surface area contributed by atoms with Crippen molar-refractivity contribution >= 4 is 0 Å². The monoisotopic (exact) mass is 261 g/mol. The van der Waals surface area contributed by atoms with Gasteiger partial charge in [0.25, 0.3) is 0 Å². The summed E-state index contributed by atoms with van der Waals surface area (Å²) in [5.41, 5.74) is 0. The second kappa shape index (κ2) is 8.12. The molecule has 2 aliphatic carbocycles. The van der Waals surface area contributed by atoms with Gasteiger partial charge >= 0.3 is 0 Å². The predicted octanol–water partition coefficient (Wildman–Crippen LogP) is 6.32. The largest absolute Gasteiger partial charge is 0.103 e. The van der Waals surface area contributed by atoms with Crippen molar-refractivity contribution in [3.05, 3.63) is 18.6 Å². The average Bonchev–Trinajstić information content (AvgIpc) is 2.48. The Labute approximate surface area is 121 Å². The maximum absolute atomic E-state index is 3.96. The van der Waals surface area contributed by atoms with Gasteiger partial charge in [-0.15, -0.1) is 6.58 Å². The van der Waals surface area contributed by atoms with Crippen molar-refractivity contribution in [2.45, 2.75) is 84.0 Å². The average molecular weight is 261 g/mol. The first-order chi connectivity index (χ1) is 9.33. The molecule has 109 valence electrons. The molecule has 19 heavy (non-hydrogen) atoms. The Morgan fingerprint density at radius 1 is 0.947 bits per heavy atom. The van der Waals surface area contributed by atoms with Gasteiger partial charge < -0.3 is 0 Å². The van der Waals surface area contributed by atoms with E-state index in [9.17, 15) is 0 Å². The molecule has 0 aliphatic heterocycles. The zero-order valence-electron chi connectivity index (χ0n) is 13.0. The van der Waals surface area contributed by atoms with Gasteiger partial charge in [-0.25, -0.2) is 0 Å². The molecule has 0 atom stereocenters. The summed E-state index contributed by atoms with van der Waals surface area (Å²) in [6.07, 6.45) is 19.6. The molecule has 0 aromatic carbocycles. The van der Waals surface area contributed by atoms with E-state index in [1.807, 2.05) is 5.92 Å². The van der Waals surface area contributed by atoms with Crippen molar-refractivity contribution < 1.29 is 0 Å². The molecule has 0 heterocycles. The number of unbranched alkanes of at least 4 members (excludes halogenated alkanes) is 2. The van der Waals surface area contributed by atoms with Gasteiger partial charge in [0.1, 0.15) is 0 Å². The predicted molar refractivity (Wildman–Crippen MR) is 85.0 cm³/mol. The van der Waals surface area contributed by atoms with Crippen molar-refractivity contribution in [2.24, 2.45) is 17.8 Å². The third kappa shape index (κ3) is 4.65. The number of rotatable bonds is 6. The lowest BCUT2D eigenvalue weighted by atomic mass is 9.68. The van der Waals surface area contributed by atoms with Gasteiger partial charge in [0, 0.05) is 0 Å².